The molecule has 3 rings (SSSR count). The second kappa shape index (κ2) is 11.0. The van der Waals surface area contributed by atoms with Crippen LogP contribution in [0.3, 0.4) is 0 Å². The molecular formula is C28H41NO4. The molecule has 182 valence electrons. The summed E-state index contributed by atoms with van der Waals surface area (Å²) in [7, 11) is 1.81. The highest BCUT2D eigenvalue weighted by atomic mass is 16.5. The number of ether oxygens (including phenoxy) is 1. The van der Waals surface area contributed by atoms with Crippen LogP contribution in [0.2, 0.25) is 0 Å². The van der Waals surface area contributed by atoms with Crippen LogP contribution in [0.5, 0.6) is 0 Å². The van der Waals surface area contributed by atoms with Crippen LogP contribution in [0, 0.1) is 24.7 Å². The number of allylic oxidation sites excluding steroid dienone is 1. The van der Waals surface area contributed by atoms with Crippen molar-refractivity contribution in [2.24, 2.45) is 17.8 Å². The summed E-state index contributed by atoms with van der Waals surface area (Å²) < 4.78 is 5.66. The Morgan fingerprint density at radius 1 is 1.33 bits per heavy atom. The summed E-state index contributed by atoms with van der Waals surface area (Å²) in [6.45, 7) is 8.72. The fourth-order valence-corrected chi connectivity index (χ4v) is 5.03. The highest BCUT2D eigenvalue weighted by Crippen LogP contribution is 2.47. The summed E-state index contributed by atoms with van der Waals surface area (Å²) >= 11 is 0. The highest BCUT2D eigenvalue weighted by Gasteiger charge is 2.43. The summed E-state index contributed by atoms with van der Waals surface area (Å²) in [4.78, 5) is 13.9. The number of carbonyl (C=O) groups excluding carboxylic acids is 1. The number of hydrogen-bond acceptors (Lipinski definition) is 4. The quantitative estimate of drug-likeness (QED) is 0.435. The van der Waals surface area contributed by atoms with Crippen molar-refractivity contribution in [1.29, 1.82) is 0 Å². The van der Waals surface area contributed by atoms with Gasteiger partial charge in [0.1, 0.15) is 6.61 Å². The van der Waals surface area contributed by atoms with Crippen LogP contribution in [-0.2, 0) is 16.0 Å². The standard InChI is InChI=1S/C28H41NO4/c1-19-7-6-8-20(13-19)15-23(30)9-10-24-25-16-21(14-22(25)17-26(24)31)11-12-33-18-27(32)29(5)28(2,3)4/h6-10,13-14,22-26,30-31H,11-12,15-18H2,1-5H3/t22-,23+,24+,25-,26+/m0/s1. The Morgan fingerprint density at radius 2 is 2.09 bits per heavy atom. The van der Waals surface area contributed by atoms with Gasteiger partial charge in [0.25, 0.3) is 0 Å². The number of benzene rings is 1. The van der Waals surface area contributed by atoms with E-state index in [9.17, 15) is 15.0 Å². The van der Waals surface area contributed by atoms with Gasteiger partial charge in [0, 0.05) is 24.9 Å². The number of rotatable bonds is 9. The van der Waals surface area contributed by atoms with Crippen molar-refractivity contribution in [3.05, 3.63) is 59.2 Å². The molecule has 2 aliphatic carbocycles. The van der Waals surface area contributed by atoms with Crippen molar-refractivity contribution >= 4 is 5.91 Å². The van der Waals surface area contributed by atoms with Crippen molar-refractivity contribution in [2.45, 2.75) is 71.1 Å². The number of carbonyl (C=O) groups is 1. The first kappa shape index (κ1) is 25.7. The van der Waals surface area contributed by atoms with Crippen LogP contribution in [0.1, 0.15) is 51.2 Å². The molecule has 5 atom stereocenters. The minimum absolute atomic E-state index is 0.00249. The smallest absolute Gasteiger partial charge is 0.248 e. The highest BCUT2D eigenvalue weighted by molar-refractivity contribution is 5.77. The number of aryl methyl sites for hydroxylation is 1. The molecule has 0 saturated heterocycles. The average molecular weight is 456 g/mol. The first-order valence-electron chi connectivity index (χ1n) is 12.2. The van der Waals surface area contributed by atoms with Gasteiger partial charge in [0.2, 0.25) is 5.91 Å². The third-order valence-electron chi connectivity index (χ3n) is 7.21. The van der Waals surface area contributed by atoms with E-state index >= 15 is 0 Å². The predicted molar refractivity (Wildman–Crippen MR) is 132 cm³/mol. The minimum atomic E-state index is -0.552. The van der Waals surface area contributed by atoms with Gasteiger partial charge in [-0.25, -0.2) is 0 Å². The monoisotopic (exact) mass is 455 g/mol. The minimum Gasteiger partial charge on any atom is -0.392 e. The molecule has 2 N–H and O–H groups in total. The second-order valence-corrected chi connectivity index (χ2v) is 10.8. The maximum atomic E-state index is 12.2. The van der Waals surface area contributed by atoms with Gasteiger partial charge in [-0.2, -0.15) is 0 Å². The summed E-state index contributed by atoms with van der Waals surface area (Å²) in [6, 6.07) is 8.20. The maximum absolute atomic E-state index is 12.2. The first-order valence-corrected chi connectivity index (χ1v) is 12.2. The van der Waals surface area contributed by atoms with Gasteiger partial charge in [0.05, 0.1) is 18.8 Å². The first-order chi connectivity index (χ1) is 15.5. The lowest BCUT2D eigenvalue weighted by Gasteiger charge is -2.31. The van der Waals surface area contributed by atoms with Gasteiger partial charge in [-0.05, 0) is 64.4 Å². The Bertz CT molecular complexity index is 869. The molecule has 1 saturated carbocycles. The van der Waals surface area contributed by atoms with Crippen molar-refractivity contribution in [3.63, 3.8) is 0 Å². The zero-order chi connectivity index (χ0) is 24.2. The number of hydrogen-bond donors (Lipinski definition) is 2. The number of aliphatic hydroxyl groups excluding tert-OH is 2. The zero-order valence-electron chi connectivity index (χ0n) is 20.8. The molecule has 0 heterocycles. The molecule has 0 unspecified atom stereocenters. The van der Waals surface area contributed by atoms with Gasteiger partial charge in [-0.15, -0.1) is 0 Å². The van der Waals surface area contributed by atoms with E-state index in [-0.39, 0.29) is 30.1 Å². The van der Waals surface area contributed by atoms with Crippen LogP contribution in [-0.4, -0.2) is 59.0 Å². The van der Waals surface area contributed by atoms with E-state index in [1.165, 1.54) is 11.1 Å². The molecule has 0 spiro atoms. The van der Waals surface area contributed by atoms with Crippen molar-refractivity contribution in [2.75, 3.05) is 20.3 Å². The third-order valence-corrected chi connectivity index (χ3v) is 7.21. The molecule has 5 nitrogen and oxygen atoms in total. The summed E-state index contributed by atoms with van der Waals surface area (Å²) in [6.07, 6.45) is 8.40. The van der Waals surface area contributed by atoms with Crippen molar-refractivity contribution in [3.8, 4) is 0 Å². The molecule has 5 heteroatoms. The number of fused-ring (bicyclic) bond motifs is 1. The normalized spacial score (nSPS) is 25.8. The van der Waals surface area contributed by atoms with Gasteiger partial charge >= 0.3 is 0 Å². The Labute approximate surface area is 199 Å². The SMILES string of the molecule is Cc1cccc(C[C@H](O)C=C[C@@H]2[C@H]3CC(CCOCC(=O)N(C)C(C)(C)C)=C[C@H]3C[C@H]2O)c1. The van der Waals surface area contributed by atoms with Crippen molar-refractivity contribution < 1.29 is 19.7 Å². The molecule has 0 bridgehead atoms. The van der Waals surface area contributed by atoms with E-state index in [1.807, 2.05) is 52.1 Å². The average Bonchev–Trinajstić information content (AvgIpc) is 3.24. The van der Waals surface area contributed by atoms with Gasteiger partial charge < -0.3 is 19.8 Å². The fourth-order valence-electron chi connectivity index (χ4n) is 5.03. The van der Waals surface area contributed by atoms with Crippen molar-refractivity contribution in [1.82, 2.24) is 4.90 Å². The van der Waals surface area contributed by atoms with Crippen LogP contribution in [0.4, 0.5) is 0 Å². The van der Waals surface area contributed by atoms with E-state index in [1.54, 1.807) is 4.90 Å². The molecule has 2 aliphatic rings. The van der Waals surface area contributed by atoms with Crippen LogP contribution < -0.4 is 0 Å². The molecule has 1 fully saturated rings. The van der Waals surface area contributed by atoms with E-state index in [0.29, 0.717) is 24.9 Å². The number of nitrogens with zero attached hydrogens (tertiary/aromatic N) is 1. The molecular weight excluding hydrogens is 414 g/mol. The van der Waals surface area contributed by atoms with E-state index in [4.69, 9.17) is 4.74 Å². The van der Waals surface area contributed by atoms with E-state index < -0.39 is 6.10 Å². The molecule has 0 aliphatic heterocycles. The summed E-state index contributed by atoms with van der Waals surface area (Å²) in [5, 5.41) is 21.1. The Kier molecular flexibility index (Phi) is 8.54. The Hall–Kier alpha value is -1.95. The van der Waals surface area contributed by atoms with Crippen LogP contribution in [0.25, 0.3) is 0 Å². The number of amides is 1. The molecule has 0 aromatic heterocycles. The molecule has 33 heavy (non-hydrogen) atoms. The van der Waals surface area contributed by atoms with Crippen LogP contribution in [0.15, 0.2) is 48.1 Å². The topological polar surface area (TPSA) is 70.0 Å². The lowest BCUT2D eigenvalue weighted by Crippen LogP contribution is -2.44. The Morgan fingerprint density at radius 3 is 2.79 bits per heavy atom. The molecule has 1 aromatic rings. The van der Waals surface area contributed by atoms with Gasteiger partial charge in [-0.1, -0.05) is 53.6 Å². The van der Waals surface area contributed by atoms with Gasteiger partial charge in [-0.3, -0.25) is 4.79 Å². The van der Waals surface area contributed by atoms with Gasteiger partial charge in [0.15, 0.2) is 0 Å². The Balaban J connectivity index is 1.45. The summed E-state index contributed by atoms with van der Waals surface area (Å²) in [5.41, 5.74) is 3.46. The summed E-state index contributed by atoms with van der Waals surface area (Å²) in [5.74, 6) is 0.828. The number of likely N-dealkylation sites (N-methyl/N-ethyl adjacent to an activating group) is 1. The third kappa shape index (κ3) is 7.02. The fraction of sp³-hybridized carbons (Fsp3) is 0.607. The lowest BCUT2D eigenvalue weighted by molar-refractivity contribution is -0.139. The maximum Gasteiger partial charge on any atom is 0.248 e. The van der Waals surface area contributed by atoms with E-state index in [0.717, 1.165) is 24.8 Å². The molecule has 1 amide bonds. The van der Waals surface area contributed by atoms with Crippen LogP contribution >= 0.6 is 0 Å². The van der Waals surface area contributed by atoms with E-state index in [2.05, 4.69) is 25.1 Å². The molecule has 0 radical (unpaired) electrons. The zero-order valence-corrected chi connectivity index (χ0v) is 20.8. The molecule has 1 aromatic carbocycles. The second-order valence-electron chi connectivity index (χ2n) is 10.8. The number of aliphatic hydroxyl groups is 2. The largest absolute Gasteiger partial charge is 0.392 e. The predicted octanol–water partition coefficient (Wildman–Crippen LogP) is 4.06. The lowest BCUT2D eigenvalue weighted by atomic mass is 9.88.